The Morgan fingerprint density at radius 3 is 2.90 bits per heavy atom. The second-order valence-corrected chi connectivity index (χ2v) is 5.84. The summed E-state index contributed by atoms with van der Waals surface area (Å²) in [5.74, 6) is 2.30. The molecule has 21 heavy (non-hydrogen) atoms. The van der Waals surface area contributed by atoms with Crippen molar-refractivity contribution in [1.29, 1.82) is 0 Å². The molecule has 0 spiro atoms. The fourth-order valence-electron chi connectivity index (χ4n) is 2.21. The number of ether oxygens (including phenoxy) is 1. The average Bonchev–Trinajstić information content (AvgIpc) is 2.93. The van der Waals surface area contributed by atoms with E-state index in [2.05, 4.69) is 11.2 Å². The van der Waals surface area contributed by atoms with Gasteiger partial charge in [0.15, 0.2) is 0 Å². The summed E-state index contributed by atoms with van der Waals surface area (Å²) in [5.41, 5.74) is 0. The zero-order valence-corrected chi connectivity index (χ0v) is 13.0. The van der Waals surface area contributed by atoms with Gasteiger partial charge in [0.1, 0.15) is 5.92 Å². The van der Waals surface area contributed by atoms with Gasteiger partial charge in [-0.3, -0.25) is 4.79 Å². The highest BCUT2D eigenvalue weighted by molar-refractivity contribution is 7.99. The van der Waals surface area contributed by atoms with Crippen LogP contribution in [-0.4, -0.2) is 65.9 Å². The van der Waals surface area contributed by atoms with Crippen molar-refractivity contribution in [1.82, 2.24) is 10.2 Å². The predicted octanol–water partition coefficient (Wildman–Crippen LogP) is 0.874. The number of terminal acetylenes is 1. The number of amides is 2. The molecular weight excluding hydrogens is 292 g/mol. The number of carbonyl (C=O) groups is 2. The Morgan fingerprint density at radius 2 is 2.29 bits per heavy atom. The topological polar surface area (TPSA) is 78.9 Å². The fourth-order valence-corrected chi connectivity index (χ4v) is 2.72. The third-order valence-electron chi connectivity index (χ3n) is 3.20. The first-order chi connectivity index (χ1) is 10.1. The Kier molecular flexibility index (Phi) is 8.01. The minimum absolute atomic E-state index is 0.158. The summed E-state index contributed by atoms with van der Waals surface area (Å²) < 4.78 is 5.24. The van der Waals surface area contributed by atoms with Crippen LogP contribution in [0.2, 0.25) is 0 Å². The van der Waals surface area contributed by atoms with E-state index in [1.165, 1.54) is 0 Å². The normalized spacial score (nSPS) is 20.8. The summed E-state index contributed by atoms with van der Waals surface area (Å²) in [4.78, 5) is 25.0. The van der Waals surface area contributed by atoms with Crippen LogP contribution >= 0.6 is 11.8 Å². The van der Waals surface area contributed by atoms with Crippen LogP contribution in [0.25, 0.3) is 0 Å². The van der Waals surface area contributed by atoms with Crippen molar-refractivity contribution >= 4 is 23.8 Å². The van der Waals surface area contributed by atoms with Crippen LogP contribution in [0.5, 0.6) is 0 Å². The summed E-state index contributed by atoms with van der Waals surface area (Å²) >= 11 is 1.57. The molecule has 0 aromatic carbocycles. The maximum Gasteiger partial charge on any atom is 0.317 e. The molecule has 2 N–H and O–H groups in total. The van der Waals surface area contributed by atoms with E-state index in [0.717, 1.165) is 12.2 Å². The first kappa shape index (κ1) is 17.7. The van der Waals surface area contributed by atoms with Crippen LogP contribution in [0, 0.1) is 18.3 Å². The molecule has 1 aliphatic heterocycles. The van der Waals surface area contributed by atoms with E-state index in [4.69, 9.17) is 11.2 Å². The zero-order valence-electron chi connectivity index (χ0n) is 12.2. The van der Waals surface area contributed by atoms with Gasteiger partial charge >= 0.3 is 12.0 Å². The molecule has 0 radical (unpaired) electrons. The van der Waals surface area contributed by atoms with Gasteiger partial charge in [0.2, 0.25) is 0 Å². The summed E-state index contributed by atoms with van der Waals surface area (Å²) in [5, 5.41) is 12.0. The number of nitrogens with one attached hydrogen (secondary N) is 1. The Labute approximate surface area is 129 Å². The third kappa shape index (κ3) is 5.48. The van der Waals surface area contributed by atoms with E-state index in [1.807, 2.05) is 6.92 Å². The van der Waals surface area contributed by atoms with Gasteiger partial charge in [-0.25, -0.2) is 4.79 Å². The Morgan fingerprint density at radius 1 is 1.52 bits per heavy atom. The maximum atomic E-state index is 12.2. The monoisotopic (exact) mass is 314 g/mol. The smallest absolute Gasteiger partial charge is 0.317 e. The number of carbonyl (C=O) groups excluding carboxylic acids is 1. The molecule has 1 rings (SSSR count). The lowest BCUT2D eigenvalue weighted by atomic mass is 10.0. The van der Waals surface area contributed by atoms with Gasteiger partial charge < -0.3 is 20.1 Å². The lowest BCUT2D eigenvalue weighted by Gasteiger charge is -2.30. The number of carboxylic acid groups (broad SMARTS) is 1. The van der Waals surface area contributed by atoms with Crippen molar-refractivity contribution in [3.8, 4) is 12.3 Å². The molecule has 2 amide bonds. The summed E-state index contributed by atoms with van der Waals surface area (Å²) in [6.07, 6.45) is 5.91. The number of thioether (sulfide) groups is 1. The molecule has 1 aliphatic rings. The van der Waals surface area contributed by atoms with Crippen molar-refractivity contribution in [2.24, 2.45) is 5.92 Å². The van der Waals surface area contributed by atoms with Crippen LogP contribution < -0.4 is 5.32 Å². The second kappa shape index (κ2) is 9.53. The first-order valence-corrected chi connectivity index (χ1v) is 8.13. The molecule has 2 atom stereocenters. The number of urea groups is 1. The van der Waals surface area contributed by atoms with Crippen molar-refractivity contribution < 1.29 is 19.4 Å². The van der Waals surface area contributed by atoms with Crippen molar-refractivity contribution in [2.45, 2.75) is 19.4 Å². The van der Waals surface area contributed by atoms with Gasteiger partial charge in [-0.15, -0.1) is 18.2 Å². The van der Waals surface area contributed by atoms with Crippen molar-refractivity contribution in [2.75, 3.05) is 37.8 Å². The fraction of sp³-hybridized carbons (Fsp3) is 0.714. The minimum atomic E-state index is -0.920. The molecule has 1 saturated heterocycles. The maximum absolute atomic E-state index is 12.2. The molecule has 0 aromatic rings. The van der Waals surface area contributed by atoms with Crippen LogP contribution in [-0.2, 0) is 9.53 Å². The number of nitrogens with zero attached hydrogens (tertiary/aromatic N) is 1. The van der Waals surface area contributed by atoms with E-state index in [0.29, 0.717) is 18.8 Å². The zero-order chi connectivity index (χ0) is 15.7. The van der Waals surface area contributed by atoms with Gasteiger partial charge in [0, 0.05) is 18.8 Å². The number of hydrogen-bond acceptors (Lipinski definition) is 4. The number of aliphatic carboxylic acids is 1. The van der Waals surface area contributed by atoms with Crippen LogP contribution in [0.15, 0.2) is 0 Å². The molecule has 2 unspecified atom stereocenters. The summed E-state index contributed by atoms with van der Waals surface area (Å²) in [6, 6.07) is -0.638. The molecule has 7 heteroatoms. The van der Waals surface area contributed by atoms with E-state index >= 15 is 0 Å². The minimum Gasteiger partial charge on any atom is -0.481 e. The highest BCUT2D eigenvalue weighted by atomic mass is 32.2. The van der Waals surface area contributed by atoms with Crippen LogP contribution in [0.1, 0.15) is 13.3 Å². The third-order valence-corrected chi connectivity index (χ3v) is 4.06. The molecule has 0 saturated carbocycles. The lowest BCUT2D eigenvalue weighted by molar-refractivity contribution is -0.142. The van der Waals surface area contributed by atoms with Gasteiger partial charge in [-0.1, -0.05) is 12.8 Å². The lowest BCUT2D eigenvalue weighted by Crippen LogP contribution is -2.51. The molecule has 118 valence electrons. The average molecular weight is 314 g/mol. The summed E-state index contributed by atoms with van der Waals surface area (Å²) in [6.45, 7) is 3.41. The predicted molar refractivity (Wildman–Crippen MR) is 82.3 cm³/mol. The van der Waals surface area contributed by atoms with E-state index in [-0.39, 0.29) is 19.2 Å². The summed E-state index contributed by atoms with van der Waals surface area (Å²) in [7, 11) is 0. The SMILES string of the molecule is C#CCSCCNC(=O)N(CCC)C1COCC1C(=O)O. The van der Waals surface area contributed by atoms with Gasteiger partial charge in [-0.05, 0) is 6.42 Å². The molecule has 0 aliphatic carbocycles. The molecule has 1 fully saturated rings. The van der Waals surface area contributed by atoms with Crippen molar-refractivity contribution in [3.63, 3.8) is 0 Å². The standard InChI is InChI=1S/C14H22N2O4S/c1-3-6-16(12-10-20-9-11(12)13(17)18)14(19)15-5-8-21-7-4-2/h2,11-12H,3,5-10H2,1H3,(H,15,19)(H,17,18). The molecular formula is C14H22N2O4S. The van der Waals surface area contributed by atoms with Crippen LogP contribution in [0.4, 0.5) is 4.79 Å². The number of carboxylic acids is 1. The molecule has 1 heterocycles. The Balaban J connectivity index is 2.53. The van der Waals surface area contributed by atoms with Gasteiger partial charge in [0.25, 0.3) is 0 Å². The quantitative estimate of drug-likeness (QED) is 0.513. The first-order valence-electron chi connectivity index (χ1n) is 6.98. The number of rotatable bonds is 8. The largest absolute Gasteiger partial charge is 0.481 e. The van der Waals surface area contributed by atoms with Crippen LogP contribution in [0.3, 0.4) is 0 Å². The number of hydrogen-bond donors (Lipinski definition) is 2. The highest BCUT2D eigenvalue weighted by Crippen LogP contribution is 2.20. The highest BCUT2D eigenvalue weighted by Gasteiger charge is 2.39. The van der Waals surface area contributed by atoms with Gasteiger partial charge in [-0.2, -0.15) is 0 Å². The van der Waals surface area contributed by atoms with E-state index in [9.17, 15) is 14.7 Å². The van der Waals surface area contributed by atoms with E-state index in [1.54, 1.807) is 16.7 Å². The Hall–Kier alpha value is -1.39. The van der Waals surface area contributed by atoms with Crippen molar-refractivity contribution in [3.05, 3.63) is 0 Å². The second-order valence-electron chi connectivity index (χ2n) is 4.73. The molecule has 6 nitrogen and oxygen atoms in total. The van der Waals surface area contributed by atoms with Gasteiger partial charge in [0.05, 0.1) is 25.0 Å². The van der Waals surface area contributed by atoms with E-state index < -0.39 is 17.9 Å². The Bertz CT molecular complexity index is 397. The molecule has 0 bridgehead atoms. The molecule has 0 aromatic heterocycles.